The lowest BCUT2D eigenvalue weighted by Crippen LogP contribution is -2.35. The summed E-state index contributed by atoms with van der Waals surface area (Å²) in [6.45, 7) is -0.789. The molecule has 0 fully saturated rings. The maximum Gasteiger partial charge on any atom is 0.464 e. The monoisotopic (exact) mass is 373 g/mol. The van der Waals surface area contributed by atoms with Gasteiger partial charge in [0.05, 0.1) is 0 Å². The van der Waals surface area contributed by atoms with Crippen LogP contribution in [0.2, 0.25) is 0 Å². The van der Waals surface area contributed by atoms with Gasteiger partial charge in [-0.15, -0.1) is 0 Å². The van der Waals surface area contributed by atoms with E-state index in [1.807, 2.05) is 0 Å². The first-order valence-corrected chi connectivity index (χ1v) is 7.05. The fourth-order valence-electron chi connectivity index (χ4n) is 0.791. The van der Waals surface area contributed by atoms with Gasteiger partial charge in [0.2, 0.25) is 0 Å². The van der Waals surface area contributed by atoms with Crippen LogP contribution in [0.25, 0.3) is 0 Å². The third-order valence-corrected chi connectivity index (χ3v) is 3.79. The Labute approximate surface area is 121 Å². The molecule has 0 aromatic rings. The molecule has 0 amide bonds. The number of alkyl halides is 10. The smallest absolute Gasteiger partial charge is 0.315 e. The first kappa shape index (κ1) is 21.0. The molecule has 0 saturated carbocycles. The quantitative estimate of drug-likeness (QED) is 0.502. The van der Waals surface area contributed by atoms with E-state index in [2.05, 4.69) is 5.32 Å². The largest absolute Gasteiger partial charge is 0.464 e. The van der Waals surface area contributed by atoms with E-state index < -0.39 is 71.0 Å². The molecule has 0 aromatic heterocycles. The van der Waals surface area contributed by atoms with Crippen molar-refractivity contribution < 1.29 is 43.9 Å². The number of halogens is 10. The Bertz CT molecular complexity index is 283. The molecule has 0 aliphatic heterocycles. The summed E-state index contributed by atoms with van der Waals surface area (Å²) < 4.78 is 120. The van der Waals surface area contributed by atoms with E-state index in [0.717, 1.165) is 0 Å². The van der Waals surface area contributed by atoms with Crippen LogP contribution in [0.1, 0.15) is 0 Å². The zero-order chi connectivity index (χ0) is 16.9. The number of hydrogen-bond donors (Lipinski definition) is 1. The summed E-state index contributed by atoms with van der Waals surface area (Å²) in [6.07, 6.45) is -11.4. The lowest BCUT2D eigenvalue weighted by molar-refractivity contribution is -0.237. The van der Waals surface area contributed by atoms with Crippen molar-refractivity contribution in [2.24, 2.45) is 0 Å². The van der Waals surface area contributed by atoms with Crippen molar-refractivity contribution in [1.29, 1.82) is 0 Å². The zero-order valence-corrected chi connectivity index (χ0v) is 11.6. The fourth-order valence-corrected chi connectivity index (χ4v) is 2.12. The molecule has 0 unspecified atom stereocenters. The molecular formula is C8H9F10NS2. The van der Waals surface area contributed by atoms with E-state index in [4.69, 9.17) is 0 Å². The summed E-state index contributed by atoms with van der Waals surface area (Å²) in [5, 5.41) is -7.69. The summed E-state index contributed by atoms with van der Waals surface area (Å²) in [5.41, 5.74) is 0. The second-order valence-corrected chi connectivity index (χ2v) is 5.90. The Kier molecular flexibility index (Phi) is 7.47. The maximum atomic E-state index is 12.4. The standard InChI is InChI=1S/C8H9F10NS2/c9-5(10,11)7(15,16)20-3-1-19-2-4-21-8(17,18)6(12,13)14/h19H,1-4H2. The average Bonchev–Trinajstić information content (AvgIpc) is 2.24. The van der Waals surface area contributed by atoms with Gasteiger partial charge >= 0.3 is 22.9 Å². The second-order valence-electron chi connectivity index (χ2n) is 3.48. The molecule has 0 aliphatic carbocycles. The van der Waals surface area contributed by atoms with Gasteiger partial charge in [-0.25, -0.2) is 0 Å². The predicted molar refractivity (Wildman–Crippen MR) is 59.8 cm³/mol. The molecule has 0 heterocycles. The minimum Gasteiger partial charge on any atom is -0.315 e. The van der Waals surface area contributed by atoms with Crippen LogP contribution >= 0.6 is 23.5 Å². The molecule has 21 heavy (non-hydrogen) atoms. The van der Waals surface area contributed by atoms with E-state index in [1.54, 1.807) is 0 Å². The second kappa shape index (κ2) is 7.49. The molecule has 128 valence electrons. The summed E-state index contributed by atoms with van der Waals surface area (Å²) in [4.78, 5) is 0. The van der Waals surface area contributed by atoms with Gasteiger partial charge in [-0.1, -0.05) is 23.5 Å². The first-order valence-electron chi connectivity index (χ1n) is 5.08. The molecule has 0 radical (unpaired) electrons. The van der Waals surface area contributed by atoms with Crippen molar-refractivity contribution in [3.05, 3.63) is 0 Å². The highest BCUT2D eigenvalue weighted by Gasteiger charge is 2.58. The van der Waals surface area contributed by atoms with Crippen LogP contribution in [0.15, 0.2) is 0 Å². The molecule has 0 bridgehead atoms. The predicted octanol–water partition coefficient (Wildman–Crippen LogP) is 4.35. The fraction of sp³-hybridized carbons (Fsp3) is 1.00. The highest BCUT2D eigenvalue weighted by Crippen LogP contribution is 2.44. The normalized spacial score (nSPS) is 14.6. The SMILES string of the molecule is FC(F)(F)C(F)(F)SCCNCCSC(F)(F)C(F)(F)F. The van der Waals surface area contributed by atoms with Crippen LogP contribution < -0.4 is 5.32 Å². The third-order valence-electron chi connectivity index (χ3n) is 1.78. The van der Waals surface area contributed by atoms with Crippen molar-refractivity contribution in [1.82, 2.24) is 5.32 Å². The van der Waals surface area contributed by atoms with E-state index in [9.17, 15) is 43.9 Å². The number of rotatable bonds is 8. The summed E-state index contributed by atoms with van der Waals surface area (Å²) in [5.74, 6) is -1.38. The lowest BCUT2D eigenvalue weighted by Gasteiger charge is -2.19. The van der Waals surface area contributed by atoms with Gasteiger partial charge in [-0.3, -0.25) is 0 Å². The summed E-state index contributed by atoms with van der Waals surface area (Å²) >= 11 is -1.40. The van der Waals surface area contributed by atoms with E-state index in [-0.39, 0.29) is 0 Å². The van der Waals surface area contributed by atoms with Crippen molar-refractivity contribution in [2.75, 3.05) is 24.6 Å². The summed E-state index contributed by atoms with van der Waals surface area (Å²) in [7, 11) is 0. The minimum absolute atomic E-state index is 0.394. The molecule has 1 nitrogen and oxygen atoms in total. The number of hydrogen-bond acceptors (Lipinski definition) is 3. The van der Waals surface area contributed by atoms with E-state index >= 15 is 0 Å². The van der Waals surface area contributed by atoms with Crippen molar-refractivity contribution in [3.8, 4) is 0 Å². The lowest BCUT2D eigenvalue weighted by atomic mass is 10.6. The average molecular weight is 373 g/mol. The molecule has 0 atom stereocenters. The Balaban J connectivity index is 3.81. The van der Waals surface area contributed by atoms with Gasteiger partial charge in [-0.05, 0) is 0 Å². The molecule has 0 rings (SSSR count). The molecule has 0 aromatic carbocycles. The van der Waals surface area contributed by atoms with Crippen LogP contribution in [-0.2, 0) is 0 Å². The van der Waals surface area contributed by atoms with Crippen LogP contribution in [0, 0.1) is 0 Å². The Morgan fingerprint density at radius 1 is 0.571 bits per heavy atom. The topological polar surface area (TPSA) is 12.0 Å². The van der Waals surface area contributed by atoms with Gasteiger partial charge in [-0.2, -0.15) is 43.9 Å². The maximum absolute atomic E-state index is 12.4. The van der Waals surface area contributed by atoms with Crippen molar-refractivity contribution in [3.63, 3.8) is 0 Å². The van der Waals surface area contributed by atoms with Crippen LogP contribution in [0.4, 0.5) is 43.9 Å². The molecule has 0 aliphatic rings. The molecular weight excluding hydrogens is 364 g/mol. The van der Waals surface area contributed by atoms with Crippen LogP contribution in [-0.4, -0.2) is 47.5 Å². The molecule has 13 heteroatoms. The molecule has 0 saturated heterocycles. The molecule has 0 spiro atoms. The van der Waals surface area contributed by atoms with Crippen LogP contribution in [0.3, 0.4) is 0 Å². The van der Waals surface area contributed by atoms with E-state index in [1.165, 1.54) is 0 Å². The summed E-state index contributed by atoms with van der Waals surface area (Å²) in [6, 6.07) is 0. The Morgan fingerprint density at radius 2 is 0.857 bits per heavy atom. The highest BCUT2D eigenvalue weighted by atomic mass is 32.2. The van der Waals surface area contributed by atoms with Crippen molar-refractivity contribution in [2.45, 2.75) is 22.9 Å². The van der Waals surface area contributed by atoms with Gasteiger partial charge in [0.15, 0.2) is 0 Å². The Hall–Kier alpha value is -0.0400. The van der Waals surface area contributed by atoms with Gasteiger partial charge < -0.3 is 5.32 Å². The number of nitrogens with one attached hydrogen (secondary N) is 1. The van der Waals surface area contributed by atoms with Gasteiger partial charge in [0.1, 0.15) is 0 Å². The minimum atomic E-state index is -5.71. The van der Waals surface area contributed by atoms with E-state index in [0.29, 0.717) is 0 Å². The van der Waals surface area contributed by atoms with Crippen LogP contribution in [0.5, 0.6) is 0 Å². The third kappa shape index (κ3) is 7.17. The first-order chi connectivity index (χ1) is 9.21. The van der Waals surface area contributed by atoms with Crippen molar-refractivity contribution >= 4 is 23.5 Å². The zero-order valence-electron chi connectivity index (χ0n) is 9.92. The Morgan fingerprint density at radius 3 is 1.10 bits per heavy atom. The molecule has 1 N–H and O–H groups in total. The van der Waals surface area contributed by atoms with Gasteiger partial charge in [0.25, 0.3) is 0 Å². The number of thioether (sulfide) groups is 2. The highest BCUT2D eigenvalue weighted by molar-refractivity contribution is 8.00. The van der Waals surface area contributed by atoms with Gasteiger partial charge in [0, 0.05) is 24.6 Å².